The number of ether oxygens (including phenoxy) is 1. The monoisotopic (exact) mass is 515 g/mol. The predicted octanol–water partition coefficient (Wildman–Crippen LogP) is 8.02. The molecule has 6 rings (SSSR count). The van der Waals surface area contributed by atoms with Crippen LogP contribution in [0.1, 0.15) is 54.9 Å². The van der Waals surface area contributed by atoms with Crippen molar-refractivity contribution in [2.75, 3.05) is 13.2 Å². The van der Waals surface area contributed by atoms with E-state index in [1.165, 1.54) is 16.7 Å². The first-order chi connectivity index (χ1) is 18.9. The third-order valence-electron chi connectivity index (χ3n) is 8.14. The number of aryl methyl sites for hydroxylation is 2. The second-order valence-electron chi connectivity index (χ2n) is 11.4. The number of fused-ring (bicyclic) bond motifs is 3. The number of furan rings is 1. The predicted molar refractivity (Wildman–Crippen MR) is 157 cm³/mol. The van der Waals surface area contributed by atoms with Crippen LogP contribution in [0.2, 0.25) is 0 Å². The normalized spacial score (nSPS) is 14.4. The Labute approximate surface area is 230 Å². The van der Waals surface area contributed by atoms with E-state index in [-0.39, 0.29) is 0 Å². The second-order valence-corrected chi connectivity index (χ2v) is 11.4. The van der Waals surface area contributed by atoms with Gasteiger partial charge in [-0.25, -0.2) is 4.57 Å². The van der Waals surface area contributed by atoms with Crippen LogP contribution < -0.4 is 4.57 Å². The number of pyridine rings is 1. The summed E-state index contributed by atoms with van der Waals surface area (Å²) in [5.41, 5.74) is 10.2. The summed E-state index contributed by atoms with van der Waals surface area (Å²) in [4.78, 5) is 0. The van der Waals surface area contributed by atoms with Crippen molar-refractivity contribution in [3.8, 4) is 28.5 Å². The Morgan fingerprint density at radius 1 is 0.923 bits per heavy atom. The van der Waals surface area contributed by atoms with Crippen LogP contribution in [0.25, 0.3) is 44.3 Å². The molecule has 2 aromatic heterocycles. The number of benzene rings is 3. The van der Waals surface area contributed by atoms with Gasteiger partial charge in [0.1, 0.15) is 18.2 Å². The molecule has 196 valence electrons. The minimum atomic E-state index is 0.531. The smallest absolute Gasteiger partial charge is 0.216 e. The van der Waals surface area contributed by atoms with Crippen molar-refractivity contribution in [3.05, 3.63) is 89.1 Å². The zero-order valence-electron chi connectivity index (χ0n) is 23.3. The number of nitrogens with zero attached hydrogens (tertiary/aromatic N) is 2. The molecule has 0 spiro atoms. The highest BCUT2D eigenvalue weighted by Gasteiger charge is 2.24. The number of aromatic nitrogens is 1. The van der Waals surface area contributed by atoms with Crippen LogP contribution in [0.5, 0.6) is 0 Å². The summed E-state index contributed by atoms with van der Waals surface area (Å²) < 4.78 is 14.5. The van der Waals surface area contributed by atoms with Crippen LogP contribution in [0, 0.1) is 24.2 Å². The van der Waals surface area contributed by atoms with Crippen molar-refractivity contribution in [2.45, 2.75) is 46.0 Å². The molecule has 5 aromatic rings. The zero-order valence-corrected chi connectivity index (χ0v) is 23.3. The lowest BCUT2D eigenvalue weighted by molar-refractivity contribution is -0.660. The molecule has 4 heteroatoms. The summed E-state index contributed by atoms with van der Waals surface area (Å²) >= 11 is 0. The molecule has 0 saturated carbocycles. The quantitative estimate of drug-likeness (QED) is 0.223. The van der Waals surface area contributed by atoms with Gasteiger partial charge >= 0.3 is 0 Å². The van der Waals surface area contributed by atoms with E-state index in [1.54, 1.807) is 0 Å². The number of nitriles is 1. The molecule has 4 nitrogen and oxygen atoms in total. The van der Waals surface area contributed by atoms with E-state index < -0.39 is 0 Å². The van der Waals surface area contributed by atoms with Gasteiger partial charge in [-0.1, -0.05) is 50.2 Å². The molecule has 3 aromatic carbocycles. The minimum absolute atomic E-state index is 0.531. The number of hydrogen-bond donors (Lipinski definition) is 0. The molecule has 1 saturated heterocycles. The van der Waals surface area contributed by atoms with E-state index in [9.17, 15) is 5.26 Å². The van der Waals surface area contributed by atoms with Gasteiger partial charge in [0.25, 0.3) is 0 Å². The molecule has 39 heavy (non-hydrogen) atoms. The molecule has 1 aliphatic heterocycles. The lowest BCUT2D eigenvalue weighted by Gasteiger charge is -2.22. The van der Waals surface area contributed by atoms with Crippen LogP contribution in [0.15, 0.2) is 71.3 Å². The number of rotatable bonds is 5. The lowest BCUT2D eigenvalue weighted by atomic mass is 9.89. The standard InChI is InChI=1S/C35H35N2O2/c1-22(2)19-24-13-16-37(4)31(20-24)32-23(3)5-11-29-30-12-10-28(21-36)33(35(30)39-34(29)32)27-8-6-25(7-9-27)26-14-17-38-18-15-26/h5-13,16,20,22,26H,14-15,17-19H2,1-4H3/q+1. The van der Waals surface area contributed by atoms with Gasteiger partial charge in [0, 0.05) is 41.7 Å². The molecule has 1 fully saturated rings. The van der Waals surface area contributed by atoms with E-state index in [0.717, 1.165) is 76.8 Å². The third kappa shape index (κ3) is 4.62. The van der Waals surface area contributed by atoms with Crippen molar-refractivity contribution >= 4 is 21.9 Å². The molecular formula is C35H35N2O2+. The fourth-order valence-corrected chi connectivity index (χ4v) is 6.11. The van der Waals surface area contributed by atoms with Gasteiger partial charge < -0.3 is 9.15 Å². The maximum absolute atomic E-state index is 10.1. The molecule has 1 aliphatic rings. The Morgan fingerprint density at radius 2 is 1.62 bits per heavy atom. The molecular weight excluding hydrogens is 480 g/mol. The molecule has 0 N–H and O–H groups in total. The fraction of sp³-hybridized carbons (Fsp3) is 0.314. The van der Waals surface area contributed by atoms with Gasteiger partial charge in [0.15, 0.2) is 6.20 Å². The van der Waals surface area contributed by atoms with Gasteiger partial charge in [0.05, 0.1) is 17.2 Å². The summed E-state index contributed by atoms with van der Waals surface area (Å²) in [5, 5.41) is 12.2. The summed E-state index contributed by atoms with van der Waals surface area (Å²) in [6.45, 7) is 8.30. The van der Waals surface area contributed by atoms with Crippen molar-refractivity contribution < 1.29 is 13.7 Å². The first-order valence-electron chi connectivity index (χ1n) is 14.0. The highest BCUT2D eigenvalue weighted by molar-refractivity contribution is 6.14. The molecule has 0 bridgehead atoms. The molecule has 0 amide bonds. The van der Waals surface area contributed by atoms with E-state index in [0.29, 0.717) is 17.4 Å². The third-order valence-corrected chi connectivity index (χ3v) is 8.14. The van der Waals surface area contributed by atoms with E-state index >= 15 is 0 Å². The van der Waals surface area contributed by atoms with E-state index in [4.69, 9.17) is 9.15 Å². The minimum Gasteiger partial charge on any atom is -0.454 e. The number of hydrogen-bond acceptors (Lipinski definition) is 3. The van der Waals surface area contributed by atoms with Crippen molar-refractivity contribution in [1.82, 2.24) is 0 Å². The molecule has 0 aliphatic carbocycles. The topological polar surface area (TPSA) is 50.0 Å². The highest BCUT2D eigenvalue weighted by atomic mass is 16.5. The van der Waals surface area contributed by atoms with Crippen LogP contribution in [0.4, 0.5) is 0 Å². The van der Waals surface area contributed by atoms with Gasteiger partial charge in [0.2, 0.25) is 5.69 Å². The summed E-state index contributed by atoms with van der Waals surface area (Å²) in [5.74, 6) is 1.11. The first kappa shape index (κ1) is 25.3. The second kappa shape index (κ2) is 10.3. The van der Waals surface area contributed by atoms with Gasteiger partial charge in [-0.2, -0.15) is 5.26 Å². The Morgan fingerprint density at radius 3 is 2.31 bits per heavy atom. The van der Waals surface area contributed by atoms with Gasteiger partial charge in [-0.15, -0.1) is 0 Å². The SMILES string of the molecule is Cc1ccc2c(oc3c(-c4ccc(C5CCOCC5)cc4)c(C#N)ccc32)c1-c1cc(CC(C)C)cc[n+]1C. The molecule has 0 unspecified atom stereocenters. The Balaban J connectivity index is 1.54. The largest absolute Gasteiger partial charge is 0.454 e. The Bertz CT molecular complexity index is 1710. The summed E-state index contributed by atoms with van der Waals surface area (Å²) in [7, 11) is 2.09. The van der Waals surface area contributed by atoms with Crippen LogP contribution in [0.3, 0.4) is 0 Å². The molecule has 0 radical (unpaired) electrons. The maximum Gasteiger partial charge on any atom is 0.216 e. The maximum atomic E-state index is 10.1. The average Bonchev–Trinajstić information content (AvgIpc) is 3.32. The van der Waals surface area contributed by atoms with Gasteiger partial charge in [-0.05, 0) is 72.4 Å². The van der Waals surface area contributed by atoms with Crippen molar-refractivity contribution in [1.29, 1.82) is 5.26 Å². The highest BCUT2D eigenvalue weighted by Crippen LogP contribution is 2.42. The van der Waals surface area contributed by atoms with E-state index in [2.05, 4.69) is 93.2 Å². The van der Waals surface area contributed by atoms with Gasteiger partial charge in [-0.3, -0.25) is 0 Å². The molecule has 3 heterocycles. The van der Waals surface area contributed by atoms with E-state index in [1.807, 2.05) is 12.1 Å². The Kier molecular flexibility index (Phi) is 6.71. The van der Waals surface area contributed by atoms with Crippen molar-refractivity contribution in [2.24, 2.45) is 13.0 Å². The van der Waals surface area contributed by atoms with Crippen LogP contribution in [-0.2, 0) is 18.2 Å². The summed E-state index contributed by atoms with van der Waals surface area (Å²) in [6, 6.07) is 24.0. The average molecular weight is 516 g/mol. The van der Waals surface area contributed by atoms with Crippen LogP contribution in [-0.4, -0.2) is 13.2 Å². The van der Waals surface area contributed by atoms with Crippen LogP contribution >= 0.6 is 0 Å². The van der Waals surface area contributed by atoms with Crippen molar-refractivity contribution in [3.63, 3.8) is 0 Å². The first-order valence-corrected chi connectivity index (χ1v) is 14.0. The molecule has 0 atom stereocenters. The zero-order chi connectivity index (χ0) is 27.1. The Hall–Kier alpha value is -3.94. The fourth-order valence-electron chi connectivity index (χ4n) is 6.11. The lowest BCUT2D eigenvalue weighted by Crippen LogP contribution is -2.31. The summed E-state index contributed by atoms with van der Waals surface area (Å²) in [6.07, 6.45) is 5.29.